The maximum atomic E-state index is 14.9. The standard InChI is InChI=1S/C83H139N25O23S2/c1-9-41(4)62(104-75(124)59-36-48(113)38-108(59)80(129)61(90)40(2)3)76(125)98-50(15-12-29-85)67(116)100-55(34-44-17-21-46(111)22-18-44)73(122)107-65(83(7,8)133)79(128)101-56(37-60(89)114)72(121)95-51(16-13-33-93-82(91)92)66(115)96-53(26-31-87)70(119)105-63(42(5)109)77(126)99-52(25-30-86)69(118)94-49(14-10-11-28-84)68(117)103-58(39-132)74(123)97-54(27-32-88)71(120)106-64(43(6)110)78(127)102-57(81(130)131)35-45-19-23-47(112)24-20-45/h17-24,40-43,48-59,61-65,109-113,132-133H,9-16,25-39,84-88,90H2,1-8H3,(H2,89,114)(H,94,118)(H,95,121)(H,96,115)(H,97,123)(H,98,125)(H,99,126)(H,100,116)(H,101,128)(H,102,127)(H,103,117)(H,104,124)(H,105,119)(H,106,120)(H,107,122)(H,130,131)(H4,91,92,93)/t41-,42+,43+,48+,49-,50-,51-,52+,53-,54-,55-,56-,57-,58-,59-,61-,62-,63-,64-,65+/m0/s1. The van der Waals surface area contributed by atoms with Gasteiger partial charge in [0, 0.05) is 42.9 Å². The molecule has 50 heteroatoms. The fourth-order valence-electron chi connectivity index (χ4n) is 13.7. The Morgan fingerprint density at radius 2 is 0.820 bits per heavy atom. The lowest BCUT2D eigenvalue weighted by Crippen LogP contribution is -2.64. The number of carbonyl (C=O) groups is 17. The first-order valence-electron chi connectivity index (χ1n) is 43.8. The largest absolute Gasteiger partial charge is 0.508 e. The maximum absolute atomic E-state index is 14.9. The quantitative estimate of drug-likeness (QED) is 0.0127. The molecule has 0 aromatic heterocycles. The van der Waals surface area contributed by atoms with Crippen molar-refractivity contribution in [1.29, 1.82) is 0 Å². The summed E-state index contributed by atoms with van der Waals surface area (Å²) in [6, 6.07) is -14.7. The SMILES string of the molecule is CC[C@H](C)[C@H](NC(=O)[C@@H]1C[C@@H](O)CN1C(=O)[C@@H](N)C(C)C)C(=O)N[C@@H](CCCN)C(=O)N[C@@H](Cc1ccc(O)cc1)C(=O)N[C@H](C(=O)N[C@@H](CC(N)=O)C(=O)N[C@@H](CCCN=C(N)N)C(=O)N[C@@H](CCN)C(=O)N[C@H](C(=O)N[C@H](CCN)C(=O)N[C@@H](CCCCN)C(=O)N[C@@H](CS)C(=O)N[C@@H](CCN)C(=O)N[C@H](C(=O)N[C@@H](Cc1ccc(O)cc1)C(=O)O)[C@@H](C)O)[C@@H](C)O)C(C)(C)S. The number of aliphatic carboxylic acids is 1. The van der Waals surface area contributed by atoms with Crippen LogP contribution in [0.2, 0.25) is 0 Å². The van der Waals surface area contributed by atoms with E-state index in [9.17, 15) is 112 Å². The molecule has 1 aliphatic rings. The van der Waals surface area contributed by atoms with E-state index in [1.165, 1.54) is 62.4 Å². The molecule has 38 N–H and O–H groups in total. The van der Waals surface area contributed by atoms with E-state index in [1.807, 2.05) is 0 Å². The van der Waals surface area contributed by atoms with Gasteiger partial charge in [0.1, 0.15) is 102 Å². The molecule has 20 atom stereocenters. The molecule has 0 aliphatic carbocycles. The summed E-state index contributed by atoms with van der Waals surface area (Å²) in [5.41, 5.74) is 53.1. The number of aliphatic hydroxyl groups is 3. The molecule has 746 valence electrons. The Balaban J connectivity index is 1.93. The Bertz CT molecular complexity index is 4250. The van der Waals surface area contributed by atoms with E-state index in [2.05, 4.69) is 105 Å². The van der Waals surface area contributed by atoms with Gasteiger partial charge < -0.3 is 162 Å². The number of likely N-dealkylation sites (tertiary alicyclic amines) is 1. The minimum absolute atomic E-state index is 0.0101. The van der Waals surface area contributed by atoms with Gasteiger partial charge in [0.05, 0.1) is 30.8 Å². The number of aliphatic hydroxyl groups excluding tert-OH is 3. The molecule has 0 saturated carbocycles. The molecule has 0 radical (unpaired) electrons. The van der Waals surface area contributed by atoms with Crippen LogP contribution in [0.4, 0.5) is 0 Å². The van der Waals surface area contributed by atoms with Gasteiger partial charge in [-0.2, -0.15) is 25.3 Å². The number of thiol groups is 2. The second kappa shape index (κ2) is 57.9. The molecule has 16 amide bonds. The molecule has 3 rings (SSSR count). The van der Waals surface area contributed by atoms with Gasteiger partial charge in [0.15, 0.2) is 5.96 Å². The van der Waals surface area contributed by atoms with E-state index in [1.54, 1.807) is 27.7 Å². The molecule has 0 bridgehead atoms. The highest BCUT2D eigenvalue weighted by Crippen LogP contribution is 2.24. The number of rotatable bonds is 60. The molecular weight excluding hydrogens is 1780 g/mol. The van der Waals surface area contributed by atoms with E-state index in [0.29, 0.717) is 24.0 Å². The van der Waals surface area contributed by atoms with Crippen molar-refractivity contribution < 1.29 is 112 Å². The number of nitrogens with one attached hydrogen (secondary N) is 14. The van der Waals surface area contributed by atoms with Crippen LogP contribution in [0, 0.1) is 11.8 Å². The zero-order valence-electron chi connectivity index (χ0n) is 76.1. The summed E-state index contributed by atoms with van der Waals surface area (Å²) in [5, 5.41) is 96.7. The number of nitrogens with two attached hydrogens (primary N) is 9. The summed E-state index contributed by atoms with van der Waals surface area (Å²) in [6.07, 6.45) is -7.16. The minimum Gasteiger partial charge on any atom is -0.508 e. The summed E-state index contributed by atoms with van der Waals surface area (Å²) in [7, 11) is 0. The van der Waals surface area contributed by atoms with Crippen molar-refractivity contribution >= 4 is 132 Å². The van der Waals surface area contributed by atoms with Gasteiger partial charge in [-0.1, -0.05) is 58.4 Å². The van der Waals surface area contributed by atoms with Crippen LogP contribution in [-0.2, 0) is 94.3 Å². The third-order valence-electron chi connectivity index (χ3n) is 21.6. The predicted octanol–water partition coefficient (Wildman–Crippen LogP) is -10.0. The number of benzene rings is 2. The lowest BCUT2D eigenvalue weighted by atomic mass is 9.96. The fraction of sp³-hybridized carbons (Fsp3) is 0.639. The fourth-order valence-corrected chi connectivity index (χ4v) is 14.2. The van der Waals surface area contributed by atoms with Gasteiger partial charge in [0.2, 0.25) is 94.5 Å². The number of amides is 16. The number of carbonyl (C=O) groups excluding carboxylic acids is 16. The molecule has 1 heterocycles. The number of aliphatic imine (C=N–C) groups is 1. The smallest absolute Gasteiger partial charge is 0.326 e. The Morgan fingerprint density at radius 3 is 1.21 bits per heavy atom. The van der Waals surface area contributed by atoms with Gasteiger partial charge in [-0.05, 0) is 172 Å². The number of hydrogen-bond donors (Lipinski definition) is 31. The van der Waals surface area contributed by atoms with Crippen molar-refractivity contribution in [1.82, 2.24) is 79.3 Å². The first kappa shape index (κ1) is 116. The van der Waals surface area contributed by atoms with Gasteiger partial charge >= 0.3 is 5.97 Å². The van der Waals surface area contributed by atoms with Crippen LogP contribution in [-0.4, -0.2) is 313 Å². The van der Waals surface area contributed by atoms with E-state index < -0.39 is 245 Å². The molecule has 1 fully saturated rings. The number of primary amides is 1. The van der Waals surface area contributed by atoms with Crippen molar-refractivity contribution in [3.05, 3.63) is 59.7 Å². The third-order valence-corrected chi connectivity index (χ3v) is 22.3. The van der Waals surface area contributed by atoms with E-state index in [4.69, 9.17) is 51.6 Å². The van der Waals surface area contributed by atoms with Gasteiger partial charge in [-0.3, -0.25) is 81.7 Å². The minimum atomic E-state index is -1.99. The highest BCUT2D eigenvalue weighted by atomic mass is 32.1. The van der Waals surface area contributed by atoms with Crippen molar-refractivity contribution in [2.45, 2.75) is 271 Å². The number of carboxylic acids is 1. The second-order valence-corrected chi connectivity index (χ2v) is 35.0. The number of hydrogen-bond acceptors (Lipinski definition) is 31. The monoisotopic (exact) mass is 1920 g/mol. The van der Waals surface area contributed by atoms with E-state index >= 15 is 0 Å². The Morgan fingerprint density at radius 1 is 0.459 bits per heavy atom. The third kappa shape index (κ3) is 39.4. The number of phenols is 2. The maximum Gasteiger partial charge on any atom is 0.326 e. The number of guanidine groups is 1. The molecular formula is C83H139N25O23S2. The zero-order chi connectivity index (χ0) is 100. The summed E-state index contributed by atoms with van der Waals surface area (Å²) in [6.45, 7) is 10.6. The van der Waals surface area contributed by atoms with Crippen LogP contribution in [0.3, 0.4) is 0 Å². The molecule has 1 aliphatic heterocycles. The number of nitrogens with zero attached hydrogens (tertiary/aromatic N) is 2. The molecule has 0 unspecified atom stereocenters. The first-order chi connectivity index (χ1) is 62.5. The van der Waals surface area contributed by atoms with Crippen LogP contribution in [0.1, 0.15) is 150 Å². The normalized spacial score (nSPS) is 17.2. The first-order valence-corrected chi connectivity index (χ1v) is 44.9. The topological polar surface area (TPSA) is 830 Å². The highest BCUT2D eigenvalue weighted by Gasteiger charge is 2.45. The van der Waals surface area contributed by atoms with Crippen molar-refractivity contribution in [3.63, 3.8) is 0 Å². The lowest BCUT2D eigenvalue weighted by Gasteiger charge is -2.33. The van der Waals surface area contributed by atoms with Crippen LogP contribution in [0.5, 0.6) is 11.5 Å². The van der Waals surface area contributed by atoms with E-state index in [0.717, 1.165) is 18.7 Å². The summed E-state index contributed by atoms with van der Waals surface area (Å²) >= 11 is 8.85. The Kier molecular flexibility index (Phi) is 50.4. The summed E-state index contributed by atoms with van der Waals surface area (Å²) in [5.74, 6) is -20.2. The predicted molar refractivity (Wildman–Crippen MR) is 493 cm³/mol. The van der Waals surface area contributed by atoms with Crippen LogP contribution in [0.25, 0.3) is 0 Å². The number of unbranched alkanes of at least 4 members (excludes halogenated alkanes) is 1. The second-order valence-electron chi connectivity index (χ2n) is 33.5. The molecule has 133 heavy (non-hydrogen) atoms. The Hall–Kier alpha value is -11.4. The number of β-amino-alcohol motifs (C(OH)–C–C–N with tert-alkyl or cyclic N) is 1. The highest BCUT2D eigenvalue weighted by molar-refractivity contribution is 7.81. The zero-order valence-corrected chi connectivity index (χ0v) is 77.9. The van der Waals surface area contributed by atoms with Crippen molar-refractivity contribution in [2.24, 2.45) is 68.4 Å². The summed E-state index contributed by atoms with van der Waals surface area (Å²) < 4.78 is -1.62. The van der Waals surface area contributed by atoms with Crippen LogP contribution >= 0.6 is 25.3 Å². The van der Waals surface area contributed by atoms with Gasteiger partial charge in [0.25, 0.3) is 0 Å². The van der Waals surface area contributed by atoms with Crippen molar-refractivity contribution in [2.75, 3.05) is 51.6 Å². The summed E-state index contributed by atoms with van der Waals surface area (Å²) in [4.78, 5) is 244. The number of carboxylic acid groups (broad SMARTS) is 1. The molecule has 48 nitrogen and oxygen atoms in total. The molecule has 2 aromatic carbocycles. The number of phenolic OH excluding ortho intramolecular Hbond substituents is 2. The van der Waals surface area contributed by atoms with Gasteiger partial charge in [-0.25, -0.2) is 4.79 Å². The number of aromatic hydroxyl groups is 2. The average molecular weight is 1920 g/mol. The lowest BCUT2D eigenvalue weighted by molar-refractivity contribution is -0.143. The van der Waals surface area contributed by atoms with Crippen LogP contribution < -0.4 is 126 Å². The molecule has 1 saturated heterocycles. The van der Waals surface area contributed by atoms with Crippen LogP contribution in [0.15, 0.2) is 53.5 Å². The average Bonchev–Trinajstić information content (AvgIpc) is 1.71. The van der Waals surface area contributed by atoms with Crippen molar-refractivity contribution in [3.8, 4) is 11.5 Å². The van der Waals surface area contributed by atoms with E-state index in [-0.39, 0.29) is 140 Å². The van der Waals surface area contributed by atoms with Gasteiger partial charge in [-0.15, -0.1) is 0 Å². The molecule has 0 spiro atoms. The Labute approximate surface area is 782 Å². The molecule has 2 aromatic rings.